The molecular weight excluding hydrogens is 722 g/mol. The summed E-state index contributed by atoms with van der Waals surface area (Å²) in [7, 11) is -9.99. The molecule has 23 heteroatoms. The smallest absolute Gasteiger partial charge is 0.420 e. The van der Waals surface area contributed by atoms with Crippen LogP contribution in [0.2, 0.25) is 0 Å². The number of esters is 3. The molecule has 288 valence electrons. The zero-order valence-electron chi connectivity index (χ0n) is 30.2. The third kappa shape index (κ3) is 13.6. The number of hydrogen-bond acceptors (Lipinski definition) is 16. The van der Waals surface area contributed by atoms with Gasteiger partial charge in [-0.25, -0.2) is 13.9 Å². The molecule has 1 aromatic heterocycles. The van der Waals surface area contributed by atoms with Gasteiger partial charge in [-0.3, -0.25) is 46.8 Å². The van der Waals surface area contributed by atoms with Gasteiger partial charge in [0.1, 0.15) is 6.23 Å². The van der Waals surface area contributed by atoms with Crippen LogP contribution in [-0.4, -0.2) is 66.6 Å². The SMILES string of the molecule is Cc1cn([C@H]2C[C@@H](N=[N+]=[N-])[C@@H](COP(=O)(NP(=O)(OCOC(=O)C(C)(C)C)OCOC(=O)C(C)(C)C)OCOC(=O)C(C)(C)C)O2)c(=O)[nH]c1=O. The van der Waals surface area contributed by atoms with Gasteiger partial charge in [-0.15, -0.1) is 4.86 Å². The molecule has 21 nitrogen and oxygen atoms in total. The minimum atomic E-state index is -5.01. The molecule has 2 N–H and O–H groups in total. The zero-order chi connectivity index (χ0) is 39.0. The number of ether oxygens (including phenoxy) is 4. The monoisotopic (exact) mass is 768 g/mol. The summed E-state index contributed by atoms with van der Waals surface area (Å²) in [5, 5.41) is 3.66. The maximum absolute atomic E-state index is 14.1. The number of aromatic nitrogens is 2. The third-order valence-electron chi connectivity index (χ3n) is 6.59. The molecule has 51 heavy (non-hydrogen) atoms. The lowest BCUT2D eigenvalue weighted by Crippen LogP contribution is -2.33. The van der Waals surface area contributed by atoms with E-state index in [4.69, 9.17) is 42.6 Å². The van der Waals surface area contributed by atoms with Gasteiger partial charge in [0, 0.05) is 23.1 Å². The van der Waals surface area contributed by atoms with Crippen molar-refractivity contribution in [1.29, 1.82) is 0 Å². The van der Waals surface area contributed by atoms with Crippen molar-refractivity contribution in [3.63, 3.8) is 0 Å². The van der Waals surface area contributed by atoms with Gasteiger partial charge in [-0.1, -0.05) is 5.11 Å². The Morgan fingerprint density at radius 3 is 1.73 bits per heavy atom. The average Bonchev–Trinajstić information content (AvgIpc) is 3.38. The van der Waals surface area contributed by atoms with E-state index in [1.165, 1.54) is 33.9 Å². The highest BCUT2D eigenvalue weighted by atomic mass is 31.3. The number of nitrogens with zero attached hydrogens (tertiary/aromatic N) is 4. The normalized spacial score (nSPS) is 19.5. The highest BCUT2D eigenvalue weighted by molar-refractivity contribution is 7.67. The van der Waals surface area contributed by atoms with Crippen LogP contribution in [0.25, 0.3) is 10.4 Å². The molecule has 0 saturated carbocycles. The first-order chi connectivity index (χ1) is 23.3. The van der Waals surface area contributed by atoms with Crippen LogP contribution in [0.5, 0.6) is 0 Å². The van der Waals surface area contributed by atoms with Gasteiger partial charge in [-0.05, 0) is 74.8 Å². The van der Waals surface area contributed by atoms with Crippen molar-refractivity contribution >= 4 is 33.4 Å². The standard InChI is InChI=1S/C28H46N6O15P2/c1-17-12-34(25(39)30-21(17)35)20-11-18(31-32-29)19(49-20)13-45-50(40,46-14-42-22(36)26(2,3)4)33-51(41,47-15-43-23(37)27(5,6)7)48-16-44-24(38)28(8,9)10/h12,18-20H,11,13-16H2,1-10H3,(H,30,35,39)(H,33,40,41)/t18-,19-,20-,50?/m1/s1. The summed E-state index contributed by atoms with van der Waals surface area (Å²) in [6, 6.07) is -1.03. The van der Waals surface area contributed by atoms with Gasteiger partial charge in [0.05, 0.1) is 35.0 Å². The second kappa shape index (κ2) is 17.4. The number of rotatable bonds is 16. The van der Waals surface area contributed by atoms with Crippen molar-refractivity contribution in [3.8, 4) is 0 Å². The molecule has 2 heterocycles. The van der Waals surface area contributed by atoms with Crippen LogP contribution in [0.4, 0.5) is 0 Å². The van der Waals surface area contributed by atoms with Crippen molar-refractivity contribution in [2.75, 3.05) is 27.0 Å². The van der Waals surface area contributed by atoms with Gasteiger partial charge in [0.15, 0.2) is 0 Å². The molecular formula is C28H46N6O15P2. The van der Waals surface area contributed by atoms with Crippen LogP contribution in [0.15, 0.2) is 20.9 Å². The first-order valence-electron chi connectivity index (χ1n) is 15.4. The molecule has 1 aliphatic rings. The second-order valence-corrected chi connectivity index (χ2v) is 18.1. The third-order valence-corrected chi connectivity index (χ3v) is 10.4. The van der Waals surface area contributed by atoms with Gasteiger partial charge in [-0.2, -0.15) is 0 Å². The summed E-state index contributed by atoms with van der Waals surface area (Å²) in [6.45, 7) is 11.5. The van der Waals surface area contributed by atoms with Crippen LogP contribution >= 0.6 is 15.5 Å². The molecule has 0 radical (unpaired) electrons. The Balaban J connectivity index is 2.40. The summed E-state index contributed by atoms with van der Waals surface area (Å²) in [5.41, 5.74) is 4.90. The molecule has 4 atom stereocenters. The molecule has 1 saturated heterocycles. The fourth-order valence-corrected chi connectivity index (χ4v) is 6.82. The molecule has 0 bridgehead atoms. The molecule has 2 rings (SSSR count). The average molecular weight is 769 g/mol. The number of H-pyrrole nitrogens is 1. The summed E-state index contributed by atoms with van der Waals surface area (Å²) in [4.78, 5) is 68.2. The van der Waals surface area contributed by atoms with Crippen molar-refractivity contribution in [2.45, 2.75) is 94.0 Å². The van der Waals surface area contributed by atoms with Crippen LogP contribution < -0.4 is 16.1 Å². The van der Waals surface area contributed by atoms with Crippen molar-refractivity contribution in [1.82, 2.24) is 14.4 Å². The van der Waals surface area contributed by atoms with E-state index in [-0.39, 0.29) is 12.0 Å². The van der Waals surface area contributed by atoms with Gasteiger partial charge in [0.2, 0.25) is 20.4 Å². The summed E-state index contributed by atoms with van der Waals surface area (Å²) in [6.07, 6.45) is -1.15. The molecule has 0 spiro atoms. The second-order valence-electron chi connectivity index (χ2n) is 14.3. The molecule has 0 aromatic carbocycles. The van der Waals surface area contributed by atoms with Gasteiger partial charge in [0.25, 0.3) is 5.56 Å². The first kappa shape index (κ1) is 43.8. The summed E-state index contributed by atoms with van der Waals surface area (Å²) in [5.74, 6) is -2.32. The number of azide groups is 1. The molecule has 0 amide bonds. The Bertz CT molecular complexity index is 1650. The van der Waals surface area contributed by atoms with E-state index in [1.54, 1.807) is 41.5 Å². The van der Waals surface area contributed by atoms with Crippen molar-refractivity contribution in [3.05, 3.63) is 43.0 Å². The van der Waals surface area contributed by atoms with Gasteiger partial charge < -0.3 is 18.9 Å². The Hall–Kier alpha value is -3.38. The van der Waals surface area contributed by atoms with E-state index < -0.39 is 106 Å². The minimum absolute atomic E-state index is 0.0890. The number of carbonyl (C=O) groups is 3. The topological polar surface area (TPSA) is 275 Å². The minimum Gasteiger partial charge on any atom is -0.438 e. The molecule has 0 aliphatic carbocycles. The fraction of sp³-hybridized carbons (Fsp3) is 0.750. The molecule has 1 fully saturated rings. The molecule has 1 aromatic rings. The van der Waals surface area contributed by atoms with E-state index >= 15 is 0 Å². The largest absolute Gasteiger partial charge is 0.438 e. The number of aryl methyl sites for hydroxylation is 1. The highest BCUT2D eigenvalue weighted by Gasteiger charge is 2.43. The van der Waals surface area contributed by atoms with E-state index in [1.807, 2.05) is 4.86 Å². The number of carbonyl (C=O) groups excluding carboxylic acids is 3. The number of aromatic amines is 1. The van der Waals surface area contributed by atoms with Gasteiger partial charge >= 0.3 is 39.1 Å². The molecule has 1 unspecified atom stereocenters. The Morgan fingerprint density at radius 2 is 1.31 bits per heavy atom. The zero-order valence-corrected chi connectivity index (χ0v) is 31.9. The lowest BCUT2D eigenvalue weighted by atomic mass is 9.98. The summed E-state index contributed by atoms with van der Waals surface area (Å²) >= 11 is 0. The van der Waals surface area contributed by atoms with E-state index in [2.05, 4.69) is 15.0 Å². The van der Waals surface area contributed by atoms with Crippen molar-refractivity contribution < 1.29 is 60.6 Å². The van der Waals surface area contributed by atoms with E-state index in [9.17, 15) is 33.1 Å². The number of nitrogens with one attached hydrogen (secondary N) is 2. The predicted octanol–water partition coefficient (Wildman–Crippen LogP) is 4.32. The van der Waals surface area contributed by atoms with Crippen molar-refractivity contribution in [2.24, 2.45) is 21.4 Å². The van der Waals surface area contributed by atoms with Crippen LogP contribution in [0.3, 0.4) is 0 Å². The lowest BCUT2D eigenvalue weighted by molar-refractivity contribution is -0.162. The Kier molecular flexibility index (Phi) is 15.0. The van der Waals surface area contributed by atoms with Crippen LogP contribution in [0, 0.1) is 23.2 Å². The highest BCUT2D eigenvalue weighted by Crippen LogP contribution is 2.58. The first-order valence-corrected chi connectivity index (χ1v) is 18.5. The Labute approximate surface area is 293 Å². The Morgan fingerprint density at radius 1 is 0.882 bits per heavy atom. The van der Waals surface area contributed by atoms with Crippen LogP contribution in [0.1, 0.15) is 80.5 Å². The fourth-order valence-electron chi connectivity index (χ4n) is 3.63. The van der Waals surface area contributed by atoms with E-state index in [0.717, 1.165) is 4.57 Å². The lowest BCUT2D eigenvalue weighted by Gasteiger charge is -2.27. The summed E-state index contributed by atoms with van der Waals surface area (Å²) < 4.78 is 71.0. The molecule has 1 aliphatic heterocycles. The maximum Gasteiger partial charge on any atom is 0.420 e. The van der Waals surface area contributed by atoms with E-state index in [0.29, 0.717) is 0 Å². The predicted molar refractivity (Wildman–Crippen MR) is 176 cm³/mol. The number of hydrogen-bond donors (Lipinski definition) is 2. The quantitative estimate of drug-likeness (QED) is 0.0450. The van der Waals surface area contributed by atoms with Crippen LogP contribution in [-0.2, 0) is 60.6 Å². The maximum atomic E-state index is 14.1.